The summed E-state index contributed by atoms with van der Waals surface area (Å²) < 4.78 is 0. The maximum Gasteiger partial charge on any atom is 0.356 e. The second-order valence-corrected chi connectivity index (χ2v) is 4.52. The normalized spacial score (nSPS) is 22.4. The number of aromatic nitrogens is 1. The van der Waals surface area contributed by atoms with E-state index in [4.69, 9.17) is 35.1 Å². The molecule has 2 rings (SSSR count). The Hall–Kier alpha value is -1.76. The molecule has 3 N–H and O–H groups in total. The van der Waals surface area contributed by atoms with Crippen LogP contribution in [0.5, 0.6) is 0 Å². The summed E-state index contributed by atoms with van der Waals surface area (Å²) >= 11 is 5.78. The van der Waals surface area contributed by atoms with Crippen LogP contribution in [0.15, 0.2) is 11.2 Å². The van der Waals surface area contributed by atoms with Crippen LogP contribution in [0.25, 0.3) is 0 Å². The molecule has 8 heteroatoms. The molecule has 1 atom stereocenters. The molecular formula is C10H9BClN3O3. The molecule has 0 aliphatic carbocycles. The van der Waals surface area contributed by atoms with Gasteiger partial charge in [-0.05, 0) is 13.0 Å². The first kappa shape index (κ1) is 12.7. The lowest BCUT2D eigenvalue weighted by Crippen LogP contribution is -2.25. The molecule has 0 saturated heterocycles. The Morgan fingerprint density at radius 2 is 2.39 bits per heavy atom. The van der Waals surface area contributed by atoms with E-state index in [0.29, 0.717) is 17.7 Å². The van der Waals surface area contributed by atoms with E-state index in [0.717, 1.165) is 0 Å². The number of oxime groups is 1. The molecule has 0 aromatic carbocycles. The third-order valence-corrected chi connectivity index (χ3v) is 3.01. The lowest BCUT2D eigenvalue weighted by atomic mass is 9.87. The molecule has 1 unspecified atom stereocenters. The van der Waals surface area contributed by atoms with Gasteiger partial charge in [0.1, 0.15) is 7.85 Å². The Kier molecular flexibility index (Phi) is 2.94. The van der Waals surface area contributed by atoms with Gasteiger partial charge in [0.05, 0.1) is 16.4 Å². The van der Waals surface area contributed by atoms with E-state index in [1.54, 1.807) is 6.92 Å². The fourth-order valence-electron chi connectivity index (χ4n) is 1.67. The lowest BCUT2D eigenvalue weighted by Gasteiger charge is -2.21. The Morgan fingerprint density at radius 3 is 2.89 bits per heavy atom. The van der Waals surface area contributed by atoms with E-state index in [9.17, 15) is 4.79 Å². The number of carbonyl (C=O) groups is 1. The summed E-state index contributed by atoms with van der Waals surface area (Å²) in [7, 11) is 5.54. The number of nitrogens with zero attached hydrogens (tertiary/aromatic N) is 2. The van der Waals surface area contributed by atoms with Crippen LogP contribution >= 0.6 is 11.6 Å². The number of rotatable bonds is 2. The van der Waals surface area contributed by atoms with Crippen molar-refractivity contribution in [3.05, 3.63) is 22.5 Å². The van der Waals surface area contributed by atoms with Crippen LogP contribution < -0.4 is 5.73 Å². The molecule has 1 aromatic heterocycles. The molecule has 18 heavy (non-hydrogen) atoms. The molecule has 0 fully saturated rings. The average molecular weight is 265 g/mol. The van der Waals surface area contributed by atoms with Crippen LogP contribution in [0.3, 0.4) is 0 Å². The fourth-order valence-corrected chi connectivity index (χ4v) is 1.85. The van der Waals surface area contributed by atoms with Crippen molar-refractivity contribution in [1.82, 2.24) is 4.98 Å². The van der Waals surface area contributed by atoms with Gasteiger partial charge < -0.3 is 15.7 Å². The van der Waals surface area contributed by atoms with E-state index in [-0.39, 0.29) is 16.4 Å². The van der Waals surface area contributed by atoms with Gasteiger partial charge in [-0.15, -0.1) is 5.16 Å². The number of halogens is 1. The number of carboxylic acids is 1. The van der Waals surface area contributed by atoms with Crippen molar-refractivity contribution in [2.24, 2.45) is 5.16 Å². The Labute approximate surface area is 109 Å². The van der Waals surface area contributed by atoms with E-state index >= 15 is 0 Å². The van der Waals surface area contributed by atoms with E-state index in [1.165, 1.54) is 6.07 Å². The van der Waals surface area contributed by atoms with Gasteiger partial charge in [-0.1, -0.05) is 11.6 Å². The molecule has 6 nitrogen and oxygen atoms in total. The molecule has 0 amide bonds. The van der Waals surface area contributed by atoms with Crippen LogP contribution in [0.4, 0.5) is 5.69 Å². The van der Waals surface area contributed by atoms with Crippen LogP contribution in [-0.2, 0) is 10.4 Å². The van der Waals surface area contributed by atoms with E-state index in [2.05, 4.69) is 10.1 Å². The second kappa shape index (κ2) is 4.17. The van der Waals surface area contributed by atoms with Crippen molar-refractivity contribution in [3.8, 4) is 0 Å². The maximum atomic E-state index is 11.0. The quantitative estimate of drug-likeness (QED) is 0.781. The van der Waals surface area contributed by atoms with E-state index in [1.807, 2.05) is 0 Å². The van der Waals surface area contributed by atoms with Gasteiger partial charge >= 0.3 is 5.97 Å². The number of pyridine rings is 1. The molecule has 0 spiro atoms. The Morgan fingerprint density at radius 1 is 1.72 bits per heavy atom. The minimum Gasteiger partial charge on any atom is -0.476 e. The fraction of sp³-hybridized carbons (Fsp3) is 0.300. The summed E-state index contributed by atoms with van der Waals surface area (Å²) in [6.07, 6.45) is 0.306. The summed E-state index contributed by atoms with van der Waals surface area (Å²) in [6.45, 7) is 1.69. The SMILES string of the molecule is [B]C1=NOC(C)(c2cc(N)c(Cl)c(C(=O)O)n2)C1. The van der Waals surface area contributed by atoms with Crippen LogP contribution in [0, 0.1) is 0 Å². The number of nitrogens with two attached hydrogens (primary N) is 1. The van der Waals surface area contributed by atoms with E-state index < -0.39 is 11.6 Å². The van der Waals surface area contributed by atoms with Gasteiger partial charge in [0.2, 0.25) is 0 Å². The van der Waals surface area contributed by atoms with Crippen molar-refractivity contribution in [1.29, 1.82) is 0 Å². The number of nitrogen functional groups attached to an aromatic ring is 1. The zero-order chi connectivity index (χ0) is 13.5. The zero-order valence-corrected chi connectivity index (χ0v) is 10.2. The first-order valence-electron chi connectivity index (χ1n) is 5.04. The molecule has 92 valence electrons. The predicted molar refractivity (Wildman–Crippen MR) is 66.9 cm³/mol. The Balaban J connectivity index is 2.50. The highest BCUT2D eigenvalue weighted by molar-refractivity contribution is 6.59. The maximum absolute atomic E-state index is 11.0. The minimum absolute atomic E-state index is 0.0956. The van der Waals surface area contributed by atoms with Crippen molar-refractivity contribution in [2.75, 3.05) is 5.73 Å². The van der Waals surface area contributed by atoms with Gasteiger partial charge in [0.25, 0.3) is 0 Å². The summed E-state index contributed by atoms with van der Waals surface area (Å²) in [4.78, 5) is 20.1. The van der Waals surface area contributed by atoms with Crippen molar-refractivity contribution < 1.29 is 14.7 Å². The molecule has 1 aromatic rings. The Bertz CT molecular complexity index is 564. The van der Waals surface area contributed by atoms with Crippen LogP contribution in [0.2, 0.25) is 5.02 Å². The van der Waals surface area contributed by atoms with Crippen LogP contribution in [0.1, 0.15) is 29.5 Å². The summed E-state index contributed by atoms with van der Waals surface area (Å²) in [6, 6.07) is 1.46. The van der Waals surface area contributed by atoms with Gasteiger partial charge in [-0.25, -0.2) is 9.78 Å². The standard InChI is InChI=1S/C10H9BClN3O3/c1-10(3-6(11)15-18-10)5-2-4(13)7(12)8(14-5)9(16)17/h2H,3H2,1H3,(H2,13,14)(H,16,17). The largest absolute Gasteiger partial charge is 0.476 e. The highest BCUT2D eigenvalue weighted by Gasteiger charge is 2.37. The number of aromatic carboxylic acids is 1. The molecule has 2 radical (unpaired) electrons. The average Bonchev–Trinajstić information content (AvgIpc) is 2.63. The van der Waals surface area contributed by atoms with Gasteiger partial charge in [0.15, 0.2) is 11.3 Å². The summed E-state index contributed by atoms with van der Waals surface area (Å²) in [5, 5.41) is 12.5. The molecular weight excluding hydrogens is 256 g/mol. The van der Waals surface area contributed by atoms with Crippen molar-refractivity contribution in [2.45, 2.75) is 18.9 Å². The predicted octanol–water partition coefficient (Wildman–Crippen LogP) is 1.13. The molecule has 0 saturated carbocycles. The third-order valence-electron chi connectivity index (χ3n) is 2.61. The summed E-state index contributed by atoms with van der Waals surface area (Å²) in [5.41, 5.74) is 5.17. The molecule has 1 aliphatic heterocycles. The highest BCUT2D eigenvalue weighted by atomic mass is 35.5. The smallest absolute Gasteiger partial charge is 0.356 e. The monoisotopic (exact) mass is 265 g/mol. The third kappa shape index (κ3) is 2.01. The van der Waals surface area contributed by atoms with Crippen molar-refractivity contribution >= 4 is 36.7 Å². The second-order valence-electron chi connectivity index (χ2n) is 4.15. The van der Waals surface area contributed by atoms with Gasteiger partial charge in [0, 0.05) is 12.0 Å². The lowest BCUT2D eigenvalue weighted by molar-refractivity contribution is -0.0109. The molecule has 0 bridgehead atoms. The van der Waals surface area contributed by atoms with Gasteiger partial charge in [-0.3, -0.25) is 0 Å². The number of hydrogen-bond acceptors (Lipinski definition) is 5. The topological polar surface area (TPSA) is 97.8 Å². The van der Waals surface area contributed by atoms with Crippen molar-refractivity contribution in [3.63, 3.8) is 0 Å². The number of carboxylic acid groups (broad SMARTS) is 1. The molecule has 1 aliphatic rings. The first-order chi connectivity index (χ1) is 8.33. The summed E-state index contributed by atoms with van der Waals surface area (Å²) in [5.74, 6) is -1.26. The van der Waals surface area contributed by atoms with Crippen LogP contribution in [-0.4, -0.2) is 29.5 Å². The highest BCUT2D eigenvalue weighted by Crippen LogP contribution is 2.35. The first-order valence-corrected chi connectivity index (χ1v) is 5.41. The minimum atomic E-state index is -1.26. The molecule has 2 heterocycles. The number of hydrogen-bond donors (Lipinski definition) is 2. The number of anilines is 1. The zero-order valence-electron chi connectivity index (χ0n) is 9.48. The van der Waals surface area contributed by atoms with Gasteiger partial charge in [-0.2, -0.15) is 0 Å².